The van der Waals surface area contributed by atoms with Crippen molar-refractivity contribution in [3.8, 4) is 11.3 Å². The summed E-state index contributed by atoms with van der Waals surface area (Å²) in [6, 6.07) is 3.78. The number of amides is 1. The minimum Gasteiger partial charge on any atom is -0.455 e. The number of furan rings is 1. The van der Waals surface area contributed by atoms with Crippen LogP contribution in [0.25, 0.3) is 11.3 Å². The van der Waals surface area contributed by atoms with Gasteiger partial charge in [-0.05, 0) is 31.0 Å². The monoisotopic (exact) mass is 409 g/mol. The van der Waals surface area contributed by atoms with E-state index in [2.05, 4.69) is 15.5 Å². The number of hydrogen-bond acceptors (Lipinski definition) is 7. The van der Waals surface area contributed by atoms with Gasteiger partial charge in [0.25, 0.3) is 5.91 Å². The van der Waals surface area contributed by atoms with Crippen LogP contribution in [0.3, 0.4) is 0 Å². The number of hydrogen-bond donors (Lipinski definition) is 1. The van der Waals surface area contributed by atoms with Gasteiger partial charge in [-0.25, -0.2) is 0 Å². The summed E-state index contributed by atoms with van der Waals surface area (Å²) >= 11 is 0. The zero-order valence-corrected chi connectivity index (χ0v) is 16.8. The first-order valence-corrected chi connectivity index (χ1v) is 10.1. The summed E-state index contributed by atoms with van der Waals surface area (Å²) in [5, 5.41) is 15.7. The van der Waals surface area contributed by atoms with Crippen LogP contribution in [0.4, 0.5) is 0 Å². The standard InChI is InChI=1S/C21H23N5O4/c1-13-18-17(30-20(13)21(27)22-9-16-12-28-7-8-29-16)5-4-14-10-26(25-19(14)18)11-15-3-2-6-23-24-15/h2-3,6,10,16H,4-5,7-9,11-12H2,1H3,(H,22,27)/t16-/m1/s1. The van der Waals surface area contributed by atoms with Crippen LogP contribution in [0.2, 0.25) is 0 Å². The molecule has 9 nitrogen and oxygen atoms in total. The molecular formula is C21H23N5O4. The van der Waals surface area contributed by atoms with Crippen molar-refractivity contribution in [2.75, 3.05) is 26.4 Å². The molecule has 1 fully saturated rings. The Morgan fingerprint density at radius 1 is 1.33 bits per heavy atom. The Bertz CT molecular complexity index is 1050. The highest BCUT2D eigenvalue weighted by Crippen LogP contribution is 2.38. The van der Waals surface area contributed by atoms with Gasteiger partial charge in [0.2, 0.25) is 0 Å². The molecule has 1 aliphatic carbocycles. The van der Waals surface area contributed by atoms with Gasteiger partial charge in [-0.15, -0.1) is 0 Å². The quantitative estimate of drug-likeness (QED) is 0.681. The first-order chi connectivity index (χ1) is 14.7. The molecule has 1 N–H and O–H groups in total. The van der Waals surface area contributed by atoms with E-state index in [1.807, 2.05) is 29.9 Å². The van der Waals surface area contributed by atoms with Crippen LogP contribution in [0, 0.1) is 6.92 Å². The van der Waals surface area contributed by atoms with Crippen LogP contribution in [-0.2, 0) is 28.9 Å². The van der Waals surface area contributed by atoms with E-state index in [-0.39, 0.29) is 12.0 Å². The topological polar surface area (TPSA) is 104 Å². The molecule has 156 valence electrons. The van der Waals surface area contributed by atoms with Gasteiger partial charge in [0.05, 0.1) is 43.9 Å². The fourth-order valence-electron chi connectivity index (χ4n) is 3.99. The molecule has 0 aromatic carbocycles. The summed E-state index contributed by atoms with van der Waals surface area (Å²) in [7, 11) is 0. The largest absolute Gasteiger partial charge is 0.455 e. The normalized spacial score (nSPS) is 18.0. The molecule has 5 rings (SSSR count). The first kappa shape index (κ1) is 19.0. The lowest BCUT2D eigenvalue weighted by Gasteiger charge is -2.22. The van der Waals surface area contributed by atoms with Gasteiger partial charge in [0, 0.05) is 36.5 Å². The van der Waals surface area contributed by atoms with Crippen LogP contribution in [-0.4, -0.2) is 58.4 Å². The van der Waals surface area contributed by atoms with Crippen LogP contribution in [0.15, 0.2) is 28.9 Å². The smallest absolute Gasteiger partial charge is 0.287 e. The van der Waals surface area contributed by atoms with Gasteiger partial charge in [-0.1, -0.05) is 0 Å². The highest BCUT2D eigenvalue weighted by molar-refractivity contribution is 5.95. The maximum Gasteiger partial charge on any atom is 0.287 e. The van der Waals surface area contributed by atoms with Gasteiger partial charge < -0.3 is 19.2 Å². The first-order valence-electron chi connectivity index (χ1n) is 10.1. The molecule has 0 unspecified atom stereocenters. The molecule has 0 saturated carbocycles. The Hall–Kier alpha value is -3.04. The van der Waals surface area contributed by atoms with Gasteiger partial charge in [0.15, 0.2) is 5.76 Å². The zero-order chi connectivity index (χ0) is 20.5. The lowest BCUT2D eigenvalue weighted by atomic mass is 9.93. The van der Waals surface area contributed by atoms with Crippen molar-refractivity contribution in [1.29, 1.82) is 0 Å². The number of aryl methyl sites for hydroxylation is 2. The number of carbonyl (C=O) groups excluding carboxylic acids is 1. The maximum absolute atomic E-state index is 12.7. The van der Waals surface area contributed by atoms with E-state index in [9.17, 15) is 4.79 Å². The van der Waals surface area contributed by atoms with E-state index in [4.69, 9.17) is 19.0 Å². The lowest BCUT2D eigenvalue weighted by Crippen LogP contribution is -2.39. The molecule has 0 bridgehead atoms. The third-order valence-corrected chi connectivity index (χ3v) is 5.45. The number of aromatic nitrogens is 4. The van der Waals surface area contributed by atoms with Crippen molar-refractivity contribution in [2.24, 2.45) is 0 Å². The van der Waals surface area contributed by atoms with E-state index >= 15 is 0 Å². The van der Waals surface area contributed by atoms with Crippen molar-refractivity contribution in [2.45, 2.75) is 32.4 Å². The van der Waals surface area contributed by atoms with E-state index in [1.54, 1.807) is 6.20 Å². The Balaban J connectivity index is 1.36. The number of ether oxygens (including phenoxy) is 2. The number of rotatable bonds is 5. The molecule has 0 spiro atoms. The van der Waals surface area contributed by atoms with Gasteiger partial charge in [-0.2, -0.15) is 15.3 Å². The van der Waals surface area contributed by atoms with Crippen LogP contribution in [0.1, 0.15) is 33.1 Å². The Morgan fingerprint density at radius 2 is 2.27 bits per heavy atom. The highest BCUT2D eigenvalue weighted by Gasteiger charge is 2.30. The van der Waals surface area contributed by atoms with Gasteiger partial charge >= 0.3 is 0 Å². The summed E-state index contributed by atoms with van der Waals surface area (Å²) in [6.45, 7) is 4.48. The molecule has 3 aromatic rings. The maximum atomic E-state index is 12.7. The Labute approximate surface area is 173 Å². The van der Waals surface area contributed by atoms with Gasteiger partial charge in [0.1, 0.15) is 5.76 Å². The van der Waals surface area contributed by atoms with Gasteiger partial charge in [-0.3, -0.25) is 9.48 Å². The van der Waals surface area contributed by atoms with E-state index in [0.717, 1.165) is 46.7 Å². The van der Waals surface area contributed by atoms with Crippen molar-refractivity contribution in [1.82, 2.24) is 25.3 Å². The van der Waals surface area contributed by atoms with Crippen molar-refractivity contribution < 1.29 is 18.7 Å². The fourth-order valence-corrected chi connectivity index (χ4v) is 3.99. The zero-order valence-electron chi connectivity index (χ0n) is 16.8. The molecule has 2 aliphatic rings. The van der Waals surface area contributed by atoms with Crippen molar-refractivity contribution >= 4 is 5.91 Å². The molecule has 1 amide bonds. The third kappa shape index (κ3) is 3.61. The molecule has 1 atom stereocenters. The minimum atomic E-state index is -0.239. The SMILES string of the molecule is Cc1c(C(=O)NC[C@@H]2COCCO2)oc2c1-c1nn(Cc3cccnn3)cc1CC2. The summed E-state index contributed by atoms with van der Waals surface area (Å²) in [4.78, 5) is 12.7. The lowest BCUT2D eigenvalue weighted by molar-refractivity contribution is -0.0856. The predicted molar refractivity (Wildman–Crippen MR) is 106 cm³/mol. The number of nitrogens with zero attached hydrogens (tertiary/aromatic N) is 4. The van der Waals surface area contributed by atoms with E-state index in [1.165, 1.54) is 0 Å². The predicted octanol–water partition coefficient (Wildman–Crippen LogP) is 1.53. The van der Waals surface area contributed by atoms with Crippen molar-refractivity contribution in [3.63, 3.8) is 0 Å². The summed E-state index contributed by atoms with van der Waals surface area (Å²) in [5.41, 5.74) is 4.61. The number of nitrogens with one attached hydrogen (secondary N) is 1. The molecule has 1 aliphatic heterocycles. The minimum absolute atomic E-state index is 0.129. The molecular weight excluding hydrogens is 386 g/mol. The molecule has 4 heterocycles. The van der Waals surface area contributed by atoms with Crippen LogP contribution >= 0.6 is 0 Å². The van der Waals surface area contributed by atoms with Crippen LogP contribution in [0.5, 0.6) is 0 Å². The van der Waals surface area contributed by atoms with Crippen molar-refractivity contribution in [3.05, 3.63) is 52.9 Å². The molecule has 3 aromatic heterocycles. The van der Waals surface area contributed by atoms with Crippen LogP contribution < -0.4 is 5.32 Å². The average Bonchev–Trinajstić information content (AvgIpc) is 3.33. The second kappa shape index (κ2) is 8.00. The molecule has 30 heavy (non-hydrogen) atoms. The number of carbonyl (C=O) groups is 1. The second-order valence-electron chi connectivity index (χ2n) is 7.55. The third-order valence-electron chi connectivity index (χ3n) is 5.45. The summed E-state index contributed by atoms with van der Waals surface area (Å²) in [5.74, 6) is 0.914. The highest BCUT2D eigenvalue weighted by atomic mass is 16.6. The molecule has 9 heteroatoms. The Kier molecular flexibility index (Phi) is 5.06. The molecule has 0 radical (unpaired) electrons. The second-order valence-corrected chi connectivity index (χ2v) is 7.55. The fraction of sp³-hybridized carbons (Fsp3) is 0.429. The van der Waals surface area contributed by atoms with E-state index < -0.39 is 0 Å². The number of fused-ring (bicyclic) bond motifs is 3. The molecule has 1 saturated heterocycles. The average molecular weight is 409 g/mol. The van der Waals surface area contributed by atoms with E-state index in [0.29, 0.717) is 38.7 Å². The summed E-state index contributed by atoms with van der Waals surface area (Å²) in [6.07, 6.45) is 5.13. The Morgan fingerprint density at radius 3 is 3.07 bits per heavy atom. The summed E-state index contributed by atoms with van der Waals surface area (Å²) < 4.78 is 18.8.